The molecular weight excluding hydrogens is 382 g/mol. The molecule has 7 heteroatoms. The van der Waals surface area contributed by atoms with Gasteiger partial charge < -0.3 is 9.47 Å². The first kappa shape index (κ1) is 21.4. The van der Waals surface area contributed by atoms with Crippen molar-refractivity contribution in [3.63, 3.8) is 0 Å². The summed E-state index contributed by atoms with van der Waals surface area (Å²) < 4.78 is 11.1. The fourth-order valence-corrected chi connectivity index (χ4v) is 3.54. The SMILES string of the molecule is CCCCOC(=O)CN1C(=O)/C(=C/c2ccc(OCCCC)cc2)SC1=S. The van der Waals surface area contributed by atoms with Gasteiger partial charge in [-0.05, 0) is 36.6 Å². The highest BCUT2D eigenvalue weighted by atomic mass is 32.2. The molecule has 0 radical (unpaired) electrons. The second-order valence-electron chi connectivity index (χ2n) is 6.11. The Labute approximate surface area is 170 Å². The maximum absolute atomic E-state index is 12.5. The second kappa shape index (κ2) is 11.1. The van der Waals surface area contributed by atoms with Gasteiger partial charge >= 0.3 is 5.97 Å². The van der Waals surface area contributed by atoms with Gasteiger partial charge in [0, 0.05) is 0 Å². The standard InChI is InChI=1S/C20H25NO4S2/c1-3-5-11-24-16-9-7-15(8-10-16)13-17-19(23)21(20(26)27-17)14-18(22)25-12-6-4-2/h7-10,13H,3-6,11-12,14H2,1-2H3/b17-13-. The van der Waals surface area contributed by atoms with Crippen molar-refractivity contribution >= 4 is 46.3 Å². The molecule has 1 heterocycles. The van der Waals surface area contributed by atoms with Crippen LogP contribution in [0.3, 0.4) is 0 Å². The lowest BCUT2D eigenvalue weighted by Crippen LogP contribution is -2.34. The average Bonchev–Trinajstić information content (AvgIpc) is 2.91. The van der Waals surface area contributed by atoms with Crippen LogP contribution in [0.5, 0.6) is 5.75 Å². The summed E-state index contributed by atoms with van der Waals surface area (Å²) in [7, 11) is 0. The zero-order chi connectivity index (χ0) is 19.6. The van der Waals surface area contributed by atoms with Crippen LogP contribution in [0, 0.1) is 0 Å². The van der Waals surface area contributed by atoms with Crippen LogP contribution in [-0.4, -0.2) is 40.9 Å². The third-order valence-electron chi connectivity index (χ3n) is 3.87. The Morgan fingerprint density at radius 2 is 1.81 bits per heavy atom. The zero-order valence-corrected chi connectivity index (χ0v) is 17.4. The monoisotopic (exact) mass is 407 g/mol. The highest BCUT2D eigenvalue weighted by Crippen LogP contribution is 2.32. The molecule has 0 unspecified atom stereocenters. The Hall–Kier alpha value is -1.86. The number of carbonyl (C=O) groups excluding carboxylic acids is 2. The van der Waals surface area contributed by atoms with Crippen LogP contribution in [-0.2, 0) is 14.3 Å². The Balaban J connectivity index is 1.95. The molecule has 1 fully saturated rings. The van der Waals surface area contributed by atoms with Gasteiger partial charge in [-0.25, -0.2) is 0 Å². The molecule has 0 aromatic heterocycles. The summed E-state index contributed by atoms with van der Waals surface area (Å²) >= 11 is 6.44. The summed E-state index contributed by atoms with van der Waals surface area (Å²) in [5.41, 5.74) is 0.879. The summed E-state index contributed by atoms with van der Waals surface area (Å²) in [6, 6.07) is 7.56. The van der Waals surface area contributed by atoms with Crippen molar-refractivity contribution in [2.24, 2.45) is 0 Å². The number of thiocarbonyl (C=S) groups is 1. The number of thioether (sulfide) groups is 1. The third-order valence-corrected chi connectivity index (χ3v) is 5.24. The number of benzene rings is 1. The van der Waals surface area contributed by atoms with Crippen molar-refractivity contribution < 1.29 is 19.1 Å². The van der Waals surface area contributed by atoms with Gasteiger partial charge in [0.25, 0.3) is 5.91 Å². The second-order valence-corrected chi connectivity index (χ2v) is 7.79. The minimum absolute atomic E-state index is 0.143. The lowest BCUT2D eigenvalue weighted by molar-refractivity contribution is -0.146. The van der Waals surface area contributed by atoms with Crippen molar-refractivity contribution in [1.82, 2.24) is 4.90 Å². The van der Waals surface area contributed by atoms with E-state index in [1.54, 1.807) is 6.08 Å². The van der Waals surface area contributed by atoms with Crippen LogP contribution in [0.4, 0.5) is 0 Å². The molecule has 1 aromatic carbocycles. The van der Waals surface area contributed by atoms with Crippen molar-refractivity contribution in [1.29, 1.82) is 0 Å². The van der Waals surface area contributed by atoms with Gasteiger partial charge in [0.15, 0.2) is 0 Å². The fraction of sp³-hybridized carbons (Fsp3) is 0.450. The first-order chi connectivity index (χ1) is 13.0. The molecule has 0 N–H and O–H groups in total. The van der Waals surface area contributed by atoms with E-state index in [1.807, 2.05) is 31.2 Å². The fourth-order valence-electron chi connectivity index (χ4n) is 2.29. The Morgan fingerprint density at radius 3 is 2.48 bits per heavy atom. The molecule has 1 amide bonds. The van der Waals surface area contributed by atoms with Crippen molar-refractivity contribution in [2.45, 2.75) is 39.5 Å². The first-order valence-electron chi connectivity index (χ1n) is 9.19. The topological polar surface area (TPSA) is 55.8 Å². The Morgan fingerprint density at radius 1 is 1.15 bits per heavy atom. The van der Waals surface area contributed by atoms with E-state index in [2.05, 4.69) is 6.92 Å². The summed E-state index contributed by atoms with van der Waals surface area (Å²) in [5.74, 6) is 0.110. The van der Waals surface area contributed by atoms with Crippen LogP contribution >= 0.6 is 24.0 Å². The maximum Gasteiger partial charge on any atom is 0.326 e. The van der Waals surface area contributed by atoms with Gasteiger partial charge in [-0.2, -0.15) is 0 Å². The Bertz CT molecular complexity index is 700. The van der Waals surface area contributed by atoms with E-state index < -0.39 is 5.97 Å². The van der Waals surface area contributed by atoms with Crippen molar-refractivity contribution in [2.75, 3.05) is 19.8 Å². The van der Waals surface area contributed by atoms with Gasteiger partial charge in [0.1, 0.15) is 16.6 Å². The number of nitrogens with zero attached hydrogens (tertiary/aromatic N) is 1. The normalized spacial score (nSPS) is 15.5. The molecule has 1 aromatic rings. The number of carbonyl (C=O) groups is 2. The highest BCUT2D eigenvalue weighted by Gasteiger charge is 2.33. The predicted octanol–water partition coefficient (Wildman–Crippen LogP) is 4.41. The van der Waals surface area contributed by atoms with Crippen LogP contribution < -0.4 is 4.74 Å². The van der Waals surface area contributed by atoms with Gasteiger partial charge in [0.05, 0.1) is 18.1 Å². The molecule has 0 bridgehead atoms. The summed E-state index contributed by atoms with van der Waals surface area (Å²) in [4.78, 5) is 26.2. The maximum atomic E-state index is 12.5. The number of hydrogen-bond donors (Lipinski definition) is 0. The minimum atomic E-state index is -0.436. The quantitative estimate of drug-likeness (QED) is 0.248. The molecule has 27 heavy (non-hydrogen) atoms. The van der Waals surface area contributed by atoms with E-state index in [1.165, 1.54) is 16.7 Å². The molecular formula is C20H25NO4S2. The number of amides is 1. The largest absolute Gasteiger partial charge is 0.494 e. The van der Waals surface area contributed by atoms with E-state index in [0.717, 1.165) is 37.0 Å². The molecule has 1 saturated heterocycles. The zero-order valence-electron chi connectivity index (χ0n) is 15.7. The summed E-state index contributed by atoms with van der Waals surface area (Å²) in [5, 5.41) is 0. The van der Waals surface area contributed by atoms with E-state index in [0.29, 0.717) is 22.4 Å². The van der Waals surface area contributed by atoms with E-state index in [9.17, 15) is 9.59 Å². The van der Waals surface area contributed by atoms with Crippen molar-refractivity contribution in [3.8, 4) is 5.75 Å². The molecule has 0 saturated carbocycles. The highest BCUT2D eigenvalue weighted by molar-refractivity contribution is 8.26. The first-order valence-corrected chi connectivity index (χ1v) is 10.4. The molecule has 0 spiro atoms. The van der Waals surface area contributed by atoms with Gasteiger partial charge in [0.2, 0.25) is 0 Å². The van der Waals surface area contributed by atoms with E-state index >= 15 is 0 Å². The molecule has 5 nitrogen and oxygen atoms in total. The predicted molar refractivity (Wildman–Crippen MR) is 113 cm³/mol. The number of hydrogen-bond acceptors (Lipinski definition) is 6. The molecule has 2 rings (SSSR count). The molecule has 1 aliphatic heterocycles. The Kier molecular flexibility index (Phi) is 8.81. The number of ether oxygens (including phenoxy) is 2. The number of esters is 1. The summed E-state index contributed by atoms with van der Waals surface area (Å²) in [6.07, 6.45) is 5.64. The van der Waals surface area contributed by atoms with Gasteiger partial charge in [-0.15, -0.1) is 0 Å². The molecule has 0 atom stereocenters. The average molecular weight is 408 g/mol. The van der Waals surface area contributed by atoms with Crippen LogP contribution in [0.15, 0.2) is 29.2 Å². The van der Waals surface area contributed by atoms with Crippen molar-refractivity contribution in [3.05, 3.63) is 34.7 Å². The van der Waals surface area contributed by atoms with Crippen LogP contribution in [0.25, 0.3) is 6.08 Å². The number of rotatable bonds is 10. The molecule has 0 aliphatic carbocycles. The minimum Gasteiger partial charge on any atom is -0.494 e. The van der Waals surface area contributed by atoms with E-state index in [-0.39, 0.29) is 12.5 Å². The molecule has 1 aliphatic rings. The summed E-state index contributed by atoms with van der Waals surface area (Å²) in [6.45, 7) is 5.06. The lowest BCUT2D eigenvalue weighted by atomic mass is 10.2. The lowest BCUT2D eigenvalue weighted by Gasteiger charge is -2.13. The number of unbranched alkanes of at least 4 members (excludes halogenated alkanes) is 2. The third kappa shape index (κ3) is 6.66. The van der Waals surface area contributed by atoms with E-state index in [4.69, 9.17) is 21.7 Å². The van der Waals surface area contributed by atoms with Crippen LogP contribution in [0.2, 0.25) is 0 Å². The molecule has 146 valence electrons. The van der Waals surface area contributed by atoms with Gasteiger partial charge in [-0.1, -0.05) is 62.8 Å². The smallest absolute Gasteiger partial charge is 0.326 e. The van der Waals surface area contributed by atoms with Crippen LogP contribution in [0.1, 0.15) is 45.1 Å². The van der Waals surface area contributed by atoms with Gasteiger partial charge in [-0.3, -0.25) is 14.5 Å².